The fourth-order valence-electron chi connectivity index (χ4n) is 2.98. The minimum atomic E-state index is 0.241. The third-order valence-corrected chi connectivity index (χ3v) is 5.80. The van der Waals surface area contributed by atoms with E-state index in [0.29, 0.717) is 47.2 Å². The van der Waals surface area contributed by atoms with Crippen LogP contribution in [0.25, 0.3) is 0 Å². The van der Waals surface area contributed by atoms with Gasteiger partial charge in [0.05, 0.1) is 17.7 Å². The molecule has 0 aliphatic heterocycles. The van der Waals surface area contributed by atoms with Gasteiger partial charge < -0.3 is 19.5 Å². The van der Waals surface area contributed by atoms with Crippen molar-refractivity contribution in [1.29, 1.82) is 0 Å². The van der Waals surface area contributed by atoms with Crippen LogP contribution in [0.2, 0.25) is 10.0 Å². The largest absolute Gasteiger partial charge is 0.490 e. The van der Waals surface area contributed by atoms with Crippen molar-refractivity contribution in [2.45, 2.75) is 26.5 Å². The van der Waals surface area contributed by atoms with Crippen molar-refractivity contribution in [3.05, 3.63) is 80.4 Å². The lowest BCUT2D eigenvalue weighted by molar-refractivity contribution is 0.267. The third-order valence-electron chi connectivity index (χ3n) is 4.51. The molecule has 3 rings (SSSR count). The normalized spacial score (nSPS) is 10.8. The average Bonchev–Trinajstić information content (AvgIpc) is 2.78. The van der Waals surface area contributed by atoms with Gasteiger partial charge in [-0.3, -0.25) is 0 Å². The van der Waals surface area contributed by atoms with Crippen molar-refractivity contribution in [3.63, 3.8) is 0 Å². The second-order valence-corrected chi connectivity index (χ2v) is 8.54. The summed E-state index contributed by atoms with van der Waals surface area (Å²) in [6.07, 6.45) is 2.59. The van der Waals surface area contributed by atoms with Crippen LogP contribution >= 0.6 is 39.1 Å². The average molecular weight is 540 g/mol. The molecule has 0 saturated heterocycles. The van der Waals surface area contributed by atoms with Gasteiger partial charge in [0.2, 0.25) is 5.88 Å². The van der Waals surface area contributed by atoms with E-state index in [-0.39, 0.29) is 6.61 Å². The van der Waals surface area contributed by atoms with Crippen LogP contribution in [0.1, 0.15) is 24.5 Å². The van der Waals surface area contributed by atoms with Crippen molar-refractivity contribution in [3.8, 4) is 17.4 Å². The molecule has 2 aromatic carbocycles. The van der Waals surface area contributed by atoms with Crippen LogP contribution in [-0.4, -0.2) is 24.7 Å². The van der Waals surface area contributed by atoms with E-state index >= 15 is 0 Å². The first-order valence-electron chi connectivity index (χ1n) is 10.3. The zero-order valence-corrected chi connectivity index (χ0v) is 20.8. The molecule has 0 unspecified atom stereocenters. The highest BCUT2D eigenvalue weighted by molar-refractivity contribution is 9.10. The molecule has 0 bridgehead atoms. The van der Waals surface area contributed by atoms with Gasteiger partial charge in [-0.2, -0.15) is 0 Å². The third kappa shape index (κ3) is 7.27. The number of nitrogens with zero attached hydrogens (tertiary/aromatic N) is 1. The first-order chi connectivity index (χ1) is 15.6. The van der Waals surface area contributed by atoms with Gasteiger partial charge >= 0.3 is 0 Å². The van der Waals surface area contributed by atoms with Crippen LogP contribution in [0.5, 0.6) is 17.4 Å². The second-order valence-electron chi connectivity index (χ2n) is 6.87. The van der Waals surface area contributed by atoms with E-state index in [1.54, 1.807) is 18.3 Å². The summed E-state index contributed by atoms with van der Waals surface area (Å²) in [5.41, 5.74) is 1.82. The summed E-state index contributed by atoms with van der Waals surface area (Å²) < 4.78 is 18.3. The van der Waals surface area contributed by atoms with Gasteiger partial charge in [0, 0.05) is 34.4 Å². The Kier molecular flexibility index (Phi) is 9.93. The Labute approximate surface area is 207 Å². The monoisotopic (exact) mass is 538 g/mol. The van der Waals surface area contributed by atoms with Crippen LogP contribution < -0.4 is 19.5 Å². The van der Waals surface area contributed by atoms with Gasteiger partial charge in [0.15, 0.2) is 11.5 Å². The van der Waals surface area contributed by atoms with Crippen molar-refractivity contribution in [1.82, 2.24) is 10.3 Å². The molecule has 0 aliphatic carbocycles. The predicted octanol–water partition coefficient (Wildman–Crippen LogP) is 6.69. The number of benzene rings is 2. The summed E-state index contributed by atoms with van der Waals surface area (Å²) in [7, 11) is 0. The summed E-state index contributed by atoms with van der Waals surface area (Å²) in [6, 6.07) is 15.0. The first kappa shape index (κ1) is 24.6. The first-order valence-corrected chi connectivity index (χ1v) is 11.9. The molecule has 0 radical (unpaired) electrons. The van der Waals surface area contributed by atoms with Gasteiger partial charge in [-0.05, 0) is 71.7 Å². The smallest absolute Gasteiger partial charge is 0.213 e. The minimum Gasteiger partial charge on any atom is -0.490 e. The molecule has 32 heavy (non-hydrogen) atoms. The number of hydrogen-bond donors (Lipinski definition) is 1. The molecule has 3 aromatic rings. The van der Waals surface area contributed by atoms with Crippen LogP contribution in [-0.2, 0) is 13.2 Å². The maximum absolute atomic E-state index is 6.26. The Morgan fingerprint density at radius 3 is 2.53 bits per heavy atom. The van der Waals surface area contributed by atoms with Crippen LogP contribution in [0.4, 0.5) is 0 Å². The lowest BCUT2D eigenvalue weighted by atomic mass is 10.2. The Hall–Kier alpha value is -1.99. The molecule has 0 saturated carbocycles. The maximum Gasteiger partial charge on any atom is 0.213 e. The zero-order chi connectivity index (χ0) is 22.8. The molecule has 170 valence electrons. The molecule has 0 atom stereocenters. The Morgan fingerprint density at radius 2 is 1.81 bits per heavy atom. The van der Waals surface area contributed by atoms with Gasteiger partial charge in [0.25, 0.3) is 0 Å². The number of pyridine rings is 1. The lowest BCUT2D eigenvalue weighted by Gasteiger charge is -2.17. The Balaban J connectivity index is 1.55. The zero-order valence-electron chi connectivity index (χ0n) is 17.7. The highest BCUT2D eigenvalue weighted by atomic mass is 79.9. The highest BCUT2D eigenvalue weighted by Crippen LogP contribution is 2.38. The van der Waals surface area contributed by atoms with Crippen molar-refractivity contribution in [2.24, 2.45) is 0 Å². The van der Waals surface area contributed by atoms with Gasteiger partial charge in [-0.25, -0.2) is 4.98 Å². The summed E-state index contributed by atoms with van der Waals surface area (Å²) >= 11 is 16.1. The van der Waals surface area contributed by atoms with E-state index in [1.807, 2.05) is 43.3 Å². The number of halogens is 3. The molecule has 0 aliphatic rings. The molecule has 1 N–H and O–H groups in total. The molecule has 5 nitrogen and oxygen atoms in total. The van der Waals surface area contributed by atoms with Crippen LogP contribution in [0, 0.1) is 0 Å². The number of ether oxygens (including phenoxy) is 3. The summed E-state index contributed by atoms with van der Waals surface area (Å²) in [5.74, 6) is 1.93. The number of hydrogen-bond acceptors (Lipinski definition) is 5. The molecular formula is C24H25BrCl2N2O3. The SMILES string of the molecule is CCOc1cc(CNCCCOc2ccccn2)cc(Br)c1OCc1c(Cl)cccc1Cl. The summed E-state index contributed by atoms with van der Waals surface area (Å²) in [6.45, 7) is 4.82. The molecule has 1 aromatic heterocycles. The number of aromatic nitrogens is 1. The second kappa shape index (κ2) is 12.9. The van der Waals surface area contributed by atoms with Crippen molar-refractivity contribution in [2.75, 3.05) is 19.8 Å². The lowest BCUT2D eigenvalue weighted by Crippen LogP contribution is -2.17. The predicted molar refractivity (Wildman–Crippen MR) is 132 cm³/mol. The van der Waals surface area contributed by atoms with Gasteiger partial charge in [0.1, 0.15) is 6.61 Å². The fourth-order valence-corrected chi connectivity index (χ4v) is 4.09. The van der Waals surface area contributed by atoms with Crippen molar-refractivity contribution >= 4 is 39.1 Å². The molecule has 0 spiro atoms. The highest BCUT2D eigenvalue weighted by Gasteiger charge is 2.14. The number of rotatable bonds is 12. The standard InChI is InChI=1S/C24H25BrCl2N2O3/c1-2-30-22-14-17(15-28-10-6-12-31-23-9-3-4-11-29-23)13-19(25)24(22)32-16-18-20(26)7-5-8-21(18)27/h3-5,7-9,11,13-14,28H,2,6,10,12,15-16H2,1H3. The van der Waals surface area contributed by atoms with Crippen LogP contribution in [0.15, 0.2) is 59.2 Å². The Bertz CT molecular complexity index is 986. The van der Waals surface area contributed by atoms with Gasteiger partial charge in [-0.15, -0.1) is 0 Å². The Morgan fingerprint density at radius 1 is 1.00 bits per heavy atom. The van der Waals surface area contributed by atoms with E-state index in [9.17, 15) is 0 Å². The van der Waals surface area contributed by atoms with Crippen molar-refractivity contribution < 1.29 is 14.2 Å². The summed E-state index contributed by atoms with van der Waals surface area (Å²) in [5, 5.41) is 4.56. The maximum atomic E-state index is 6.26. The molecule has 8 heteroatoms. The van der Waals surface area contributed by atoms with E-state index in [1.165, 1.54) is 0 Å². The molecule has 0 amide bonds. The van der Waals surface area contributed by atoms with Crippen LogP contribution in [0.3, 0.4) is 0 Å². The number of nitrogens with one attached hydrogen (secondary N) is 1. The molecular weight excluding hydrogens is 515 g/mol. The van der Waals surface area contributed by atoms with Gasteiger partial charge in [-0.1, -0.05) is 35.3 Å². The van der Waals surface area contributed by atoms with E-state index in [0.717, 1.165) is 28.6 Å². The minimum absolute atomic E-state index is 0.241. The molecule has 1 heterocycles. The van der Waals surface area contributed by atoms with E-state index < -0.39 is 0 Å². The quantitative estimate of drug-likeness (QED) is 0.260. The molecule has 0 fully saturated rings. The fraction of sp³-hybridized carbons (Fsp3) is 0.292. The summed E-state index contributed by atoms with van der Waals surface area (Å²) in [4.78, 5) is 4.14. The van der Waals surface area contributed by atoms with E-state index in [4.69, 9.17) is 37.4 Å². The topological polar surface area (TPSA) is 52.6 Å². The van der Waals surface area contributed by atoms with E-state index in [2.05, 4.69) is 26.2 Å².